The molecule has 0 spiro atoms. The number of carbonyl (C=O) groups excluding carboxylic acids is 1. The van der Waals surface area contributed by atoms with Gasteiger partial charge < -0.3 is 4.42 Å². The molecule has 0 aliphatic heterocycles. The van der Waals surface area contributed by atoms with Gasteiger partial charge in [-0.1, -0.05) is 41.9 Å². The Morgan fingerprint density at radius 1 is 1.05 bits per heavy atom. The number of carbonyl (C=O) groups is 1. The maximum atomic E-state index is 12.0. The molecule has 0 fully saturated rings. The molecule has 3 rings (SSSR count). The molecule has 0 atom stereocenters. The zero-order valence-electron chi connectivity index (χ0n) is 10.8. The van der Waals surface area contributed by atoms with Crippen LogP contribution in [-0.4, -0.2) is 5.78 Å². The number of hydrogen-bond donors (Lipinski definition) is 0. The summed E-state index contributed by atoms with van der Waals surface area (Å²) in [5.74, 6) is 0.940. The molecular weight excluding hydrogens is 272 g/mol. The van der Waals surface area contributed by atoms with E-state index >= 15 is 0 Å². The van der Waals surface area contributed by atoms with Crippen LogP contribution >= 0.6 is 11.6 Å². The van der Waals surface area contributed by atoms with Gasteiger partial charge in [-0.05, 0) is 24.3 Å². The van der Waals surface area contributed by atoms with E-state index in [1.807, 2.05) is 48.5 Å². The van der Waals surface area contributed by atoms with Gasteiger partial charge in [0.15, 0.2) is 5.78 Å². The minimum atomic E-state index is 0.129. The number of aryl methyl sites for hydroxylation is 1. The fraction of sp³-hybridized carbons (Fsp3) is 0.118. The van der Waals surface area contributed by atoms with Crippen molar-refractivity contribution in [2.45, 2.75) is 12.8 Å². The standard InChI is InChI=1S/C17H13ClO2/c18-14-6-9-17-13(10-14)11-15(20-17)7-8-16(19)12-4-2-1-3-5-12/h1-6,9-11H,7-8H2. The number of furan rings is 1. The fourth-order valence-electron chi connectivity index (χ4n) is 2.20. The van der Waals surface area contributed by atoms with Gasteiger partial charge in [0.05, 0.1) is 0 Å². The highest BCUT2D eigenvalue weighted by Gasteiger charge is 2.09. The van der Waals surface area contributed by atoms with Gasteiger partial charge in [0.25, 0.3) is 0 Å². The number of Topliss-reactive ketones (excluding diaryl/α,β-unsaturated/α-hetero) is 1. The van der Waals surface area contributed by atoms with Crippen molar-refractivity contribution in [1.82, 2.24) is 0 Å². The van der Waals surface area contributed by atoms with E-state index in [1.165, 1.54) is 0 Å². The Balaban J connectivity index is 1.72. The maximum Gasteiger partial charge on any atom is 0.163 e. The predicted octanol–water partition coefficient (Wildman–Crippen LogP) is 4.90. The lowest BCUT2D eigenvalue weighted by Crippen LogP contribution is -2.00. The first kappa shape index (κ1) is 12.9. The van der Waals surface area contributed by atoms with Crippen LogP contribution in [-0.2, 0) is 6.42 Å². The smallest absolute Gasteiger partial charge is 0.163 e. The van der Waals surface area contributed by atoms with Crippen LogP contribution in [0.25, 0.3) is 11.0 Å². The Morgan fingerprint density at radius 2 is 1.85 bits per heavy atom. The van der Waals surface area contributed by atoms with Gasteiger partial charge in [-0.3, -0.25) is 4.79 Å². The first-order chi connectivity index (χ1) is 9.72. The van der Waals surface area contributed by atoms with Crippen LogP contribution in [0.15, 0.2) is 59.0 Å². The maximum absolute atomic E-state index is 12.0. The average Bonchev–Trinajstić information content (AvgIpc) is 2.87. The highest BCUT2D eigenvalue weighted by atomic mass is 35.5. The summed E-state index contributed by atoms with van der Waals surface area (Å²) in [7, 11) is 0. The molecular formula is C17H13ClO2. The number of hydrogen-bond acceptors (Lipinski definition) is 2. The molecule has 0 saturated heterocycles. The Labute approximate surface area is 122 Å². The van der Waals surface area contributed by atoms with Crippen LogP contribution < -0.4 is 0 Å². The van der Waals surface area contributed by atoms with E-state index in [1.54, 1.807) is 6.07 Å². The van der Waals surface area contributed by atoms with Crippen LogP contribution in [0.5, 0.6) is 0 Å². The molecule has 20 heavy (non-hydrogen) atoms. The largest absolute Gasteiger partial charge is 0.461 e. The Bertz CT molecular complexity index is 744. The van der Waals surface area contributed by atoms with Gasteiger partial charge in [-0.2, -0.15) is 0 Å². The van der Waals surface area contributed by atoms with E-state index in [4.69, 9.17) is 16.0 Å². The molecule has 0 N–H and O–H groups in total. The topological polar surface area (TPSA) is 30.2 Å². The molecule has 2 nitrogen and oxygen atoms in total. The summed E-state index contributed by atoms with van der Waals surface area (Å²) < 4.78 is 5.70. The van der Waals surface area contributed by atoms with E-state index in [9.17, 15) is 4.79 Å². The van der Waals surface area contributed by atoms with Gasteiger partial charge in [-0.15, -0.1) is 0 Å². The molecule has 2 aromatic carbocycles. The molecule has 0 aliphatic carbocycles. The average molecular weight is 285 g/mol. The van der Waals surface area contributed by atoms with Crippen molar-refractivity contribution in [2.24, 2.45) is 0 Å². The zero-order chi connectivity index (χ0) is 13.9. The summed E-state index contributed by atoms with van der Waals surface area (Å²) in [4.78, 5) is 12.0. The second kappa shape index (κ2) is 5.51. The van der Waals surface area contributed by atoms with Gasteiger partial charge in [0.1, 0.15) is 11.3 Å². The normalized spacial score (nSPS) is 10.8. The van der Waals surface area contributed by atoms with Crippen molar-refractivity contribution >= 4 is 28.4 Å². The van der Waals surface area contributed by atoms with Crippen molar-refractivity contribution in [2.75, 3.05) is 0 Å². The molecule has 3 aromatic rings. The minimum absolute atomic E-state index is 0.129. The first-order valence-corrected chi connectivity index (χ1v) is 6.86. The summed E-state index contributed by atoms with van der Waals surface area (Å²) in [6, 6.07) is 16.8. The van der Waals surface area contributed by atoms with Crippen molar-refractivity contribution in [3.8, 4) is 0 Å². The molecule has 0 saturated carbocycles. The zero-order valence-corrected chi connectivity index (χ0v) is 11.6. The summed E-state index contributed by atoms with van der Waals surface area (Å²) in [5.41, 5.74) is 1.54. The third-order valence-electron chi connectivity index (χ3n) is 3.22. The second-order valence-electron chi connectivity index (χ2n) is 4.68. The van der Waals surface area contributed by atoms with Gasteiger partial charge in [-0.25, -0.2) is 0 Å². The molecule has 3 heteroatoms. The van der Waals surface area contributed by atoms with E-state index in [0.29, 0.717) is 17.9 Å². The monoisotopic (exact) mass is 284 g/mol. The summed E-state index contributed by atoms with van der Waals surface area (Å²) in [6.07, 6.45) is 1.04. The van der Waals surface area contributed by atoms with E-state index in [2.05, 4.69) is 0 Å². The molecule has 100 valence electrons. The Hall–Kier alpha value is -2.06. The van der Waals surface area contributed by atoms with Gasteiger partial charge >= 0.3 is 0 Å². The second-order valence-corrected chi connectivity index (χ2v) is 5.12. The third-order valence-corrected chi connectivity index (χ3v) is 3.46. The van der Waals surface area contributed by atoms with Crippen molar-refractivity contribution in [3.63, 3.8) is 0 Å². The summed E-state index contributed by atoms with van der Waals surface area (Å²) in [5, 5.41) is 1.66. The molecule has 0 aliphatic rings. The van der Waals surface area contributed by atoms with Crippen LogP contribution in [0.3, 0.4) is 0 Å². The summed E-state index contributed by atoms with van der Waals surface area (Å²) in [6.45, 7) is 0. The van der Waals surface area contributed by atoms with E-state index in [-0.39, 0.29) is 5.78 Å². The lowest BCUT2D eigenvalue weighted by atomic mass is 10.1. The first-order valence-electron chi connectivity index (χ1n) is 6.48. The molecule has 0 radical (unpaired) electrons. The predicted molar refractivity (Wildman–Crippen MR) is 80.3 cm³/mol. The lowest BCUT2D eigenvalue weighted by molar-refractivity contribution is 0.0981. The fourth-order valence-corrected chi connectivity index (χ4v) is 2.38. The van der Waals surface area contributed by atoms with Crippen LogP contribution in [0, 0.1) is 0 Å². The third kappa shape index (κ3) is 2.75. The number of rotatable bonds is 4. The lowest BCUT2D eigenvalue weighted by Gasteiger charge is -1.98. The van der Waals surface area contributed by atoms with Crippen molar-refractivity contribution < 1.29 is 9.21 Å². The minimum Gasteiger partial charge on any atom is -0.461 e. The molecule has 0 unspecified atom stereocenters. The molecule has 0 amide bonds. The number of benzene rings is 2. The van der Waals surface area contributed by atoms with E-state index in [0.717, 1.165) is 22.3 Å². The summed E-state index contributed by atoms with van der Waals surface area (Å²) >= 11 is 5.94. The molecule has 0 bridgehead atoms. The molecule has 1 aromatic heterocycles. The number of fused-ring (bicyclic) bond motifs is 1. The SMILES string of the molecule is O=C(CCc1cc2cc(Cl)ccc2o1)c1ccccc1. The quantitative estimate of drug-likeness (QED) is 0.638. The van der Waals surface area contributed by atoms with E-state index < -0.39 is 0 Å². The van der Waals surface area contributed by atoms with Crippen molar-refractivity contribution in [3.05, 3.63) is 70.9 Å². The highest BCUT2D eigenvalue weighted by Crippen LogP contribution is 2.24. The van der Waals surface area contributed by atoms with Gasteiger partial charge in [0.2, 0.25) is 0 Å². The number of halogens is 1. The van der Waals surface area contributed by atoms with Crippen LogP contribution in [0.1, 0.15) is 22.5 Å². The van der Waals surface area contributed by atoms with Gasteiger partial charge in [0, 0.05) is 28.8 Å². The Morgan fingerprint density at radius 3 is 2.65 bits per heavy atom. The van der Waals surface area contributed by atoms with Crippen LogP contribution in [0.4, 0.5) is 0 Å². The van der Waals surface area contributed by atoms with Crippen LogP contribution in [0.2, 0.25) is 5.02 Å². The number of ketones is 1. The highest BCUT2D eigenvalue weighted by molar-refractivity contribution is 6.31. The van der Waals surface area contributed by atoms with Crippen molar-refractivity contribution in [1.29, 1.82) is 0 Å². The Kier molecular flexibility index (Phi) is 3.57. The molecule has 1 heterocycles.